The van der Waals surface area contributed by atoms with Crippen molar-refractivity contribution < 1.29 is 23.5 Å². The predicted octanol–water partition coefficient (Wildman–Crippen LogP) is 4.08. The molecule has 1 amide bonds. The number of hydrogen-bond donors (Lipinski definition) is 1. The van der Waals surface area contributed by atoms with Gasteiger partial charge in [-0.3, -0.25) is 9.59 Å². The number of carbonyl (C=O) groups is 2. The zero-order chi connectivity index (χ0) is 21.5. The first-order chi connectivity index (χ1) is 14.5. The van der Waals surface area contributed by atoms with Crippen molar-refractivity contribution in [1.82, 2.24) is 10.2 Å². The highest BCUT2D eigenvalue weighted by molar-refractivity contribution is 7.99. The summed E-state index contributed by atoms with van der Waals surface area (Å²) in [4.78, 5) is 23.8. The molecule has 3 aromatic rings. The van der Waals surface area contributed by atoms with Crippen LogP contribution in [0.2, 0.25) is 0 Å². The molecule has 2 aromatic carbocycles. The van der Waals surface area contributed by atoms with E-state index in [1.165, 1.54) is 0 Å². The van der Waals surface area contributed by atoms with E-state index < -0.39 is 0 Å². The van der Waals surface area contributed by atoms with Crippen molar-refractivity contribution in [3.8, 4) is 23.0 Å². The van der Waals surface area contributed by atoms with Crippen LogP contribution in [-0.4, -0.2) is 41.9 Å². The highest BCUT2D eigenvalue weighted by Crippen LogP contribution is 2.30. The Morgan fingerprint density at radius 1 is 1.03 bits per heavy atom. The molecule has 0 aliphatic heterocycles. The van der Waals surface area contributed by atoms with Gasteiger partial charge in [0.1, 0.15) is 11.5 Å². The fourth-order valence-electron chi connectivity index (χ4n) is 2.52. The van der Waals surface area contributed by atoms with Crippen LogP contribution in [0.4, 0.5) is 5.69 Å². The molecular formula is C21H21N3O5S. The summed E-state index contributed by atoms with van der Waals surface area (Å²) in [6.07, 6.45) is 0.395. The Kier molecular flexibility index (Phi) is 7.08. The van der Waals surface area contributed by atoms with Crippen LogP contribution in [0.3, 0.4) is 0 Å². The van der Waals surface area contributed by atoms with Gasteiger partial charge in [0.2, 0.25) is 11.8 Å². The summed E-state index contributed by atoms with van der Waals surface area (Å²) in [5.74, 6) is 1.49. The van der Waals surface area contributed by atoms with E-state index in [1.807, 2.05) is 0 Å². The lowest BCUT2D eigenvalue weighted by molar-refractivity contribution is -0.115. The summed E-state index contributed by atoms with van der Waals surface area (Å²) in [6.45, 7) is 1.78. The lowest BCUT2D eigenvalue weighted by Gasteiger charge is -2.05. The molecular weight excluding hydrogens is 406 g/mol. The molecule has 0 atom stereocenters. The summed E-state index contributed by atoms with van der Waals surface area (Å²) >= 11 is 1.16. The Bertz CT molecular complexity index is 1010. The van der Waals surface area contributed by atoms with Crippen LogP contribution in [0.1, 0.15) is 23.7 Å². The molecule has 0 radical (unpaired) electrons. The summed E-state index contributed by atoms with van der Waals surface area (Å²) in [5.41, 5.74) is 1.84. The lowest BCUT2D eigenvalue weighted by Crippen LogP contribution is -2.09. The van der Waals surface area contributed by atoms with Gasteiger partial charge in [-0.15, -0.1) is 10.2 Å². The number of nitrogens with one attached hydrogen (secondary N) is 1. The number of Topliss-reactive ketones (excluding diaryl/α,β-unsaturated/α-hetero) is 1. The molecule has 1 heterocycles. The molecule has 0 unspecified atom stereocenters. The first-order valence-corrected chi connectivity index (χ1v) is 10.1. The van der Waals surface area contributed by atoms with Gasteiger partial charge in [-0.05, 0) is 36.4 Å². The van der Waals surface area contributed by atoms with E-state index in [9.17, 15) is 9.59 Å². The minimum Gasteiger partial charge on any atom is -0.497 e. The molecule has 9 heteroatoms. The van der Waals surface area contributed by atoms with Gasteiger partial charge in [-0.1, -0.05) is 18.7 Å². The van der Waals surface area contributed by atoms with Crippen molar-refractivity contribution >= 4 is 29.1 Å². The second-order valence-corrected chi connectivity index (χ2v) is 7.09. The fraction of sp³-hybridized carbons (Fsp3) is 0.238. The van der Waals surface area contributed by atoms with Crippen LogP contribution in [-0.2, 0) is 4.79 Å². The van der Waals surface area contributed by atoms with Crippen molar-refractivity contribution in [2.75, 3.05) is 25.3 Å². The van der Waals surface area contributed by atoms with Crippen LogP contribution in [0.15, 0.2) is 52.1 Å². The molecule has 156 valence electrons. The van der Waals surface area contributed by atoms with Crippen LogP contribution >= 0.6 is 11.8 Å². The van der Waals surface area contributed by atoms with Crippen molar-refractivity contribution in [3.63, 3.8) is 0 Å². The maximum absolute atomic E-state index is 12.4. The zero-order valence-electron chi connectivity index (χ0n) is 16.8. The third-order valence-corrected chi connectivity index (χ3v) is 4.96. The second kappa shape index (κ2) is 9.93. The van der Waals surface area contributed by atoms with Gasteiger partial charge >= 0.3 is 0 Å². The highest BCUT2D eigenvalue weighted by atomic mass is 32.2. The topological polar surface area (TPSA) is 104 Å². The average molecular weight is 427 g/mol. The van der Waals surface area contributed by atoms with Crippen molar-refractivity contribution in [1.29, 1.82) is 0 Å². The van der Waals surface area contributed by atoms with Crippen LogP contribution in [0.5, 0.6) is 11.5 Å². The molecule has 0 aliphatic rings. The summed E-state index contributed by atoms with van der Waals surface area (Å²) < 4.78 is 16.2. The number of anilines is 1. The van der Waals surface area contributed by atoms with Gasteiger partial charge in [-0.2, -0.15) is 0 Å². The molecule has 8 nitrogen and oxygen atoms in total. The zero-order valence-corrected chi connectivity index (χ0v) is 17.6. The molecule has 0 saturated carbocycles. The molecule has 30 heavy (non-hydrogen) atoms. The van der Waals surface area contributed by atoms with Gasteiger partial charge in [-0.25, -0.2) is 0 Å². The highest BCUT2D eigenvalue weighted by Gasteiger charge is 2.14. The van der Waals surface area contributed by atoms with E-state index in [2.05, 4.69) is 15.5 Å². The first-order valence-electron chi connectivity index (χ1n) is 9.15. The summed E-state index contributed by atoms with van der Waals surface area (Å²) in [7, 11) is 3.12. The van der Waals surface area contributed by atoms with Gasteiger partial charge in [0, 0.05) is 29.3 Å². The summed E-state index contributed by atoms with van der Waals surface area (Å²) in [5, 5.41) is 11.1. The van der Waals surface area contributed by atoms with E-state index in [0.29, 0.717) is 40.6 Å². The molecule has 1 N–H and O–H groups in total. The first kappa shape index (κ1) is 21.4. The Balaban J connectivity index is 1.63. The molecule has 3 rings (SSSR count). The maximum Gasteiger partial charge on any atom is 0.277 e. The number of ketones is 1. The van der Waals surface area contributed by atoms with Crippen molar-refractivity contribution in [2.24, 2.45) is 0 Å². The summed E-state index contributed by atoms with van der Waals surface area (Å²) in [6, 6.07) is 12.0. The predicted molar refractivity (Wildman–Crippen MR) is 113 cm³/mol. The number of ether oxygens (including phenoxy) is 2. The number of benzene rings is 2. The number of carbonyl (C=O) groups excluding carboxylic acids is 2. The minimum atomic E-state index is -0.0869. The monoisotopic (exact) mass is 427 g/mol. The largest absolute Gasteiger partial charge is 0.497 e. The van der Waals surface area contributed by atoms with Crippen LogP contribution < -0.4 is 14.8 Å². The van der Waals surface area contributed by atoms with Crippen molar-refractivity contribution in [3.05, 3.63) is 48.0 Å². The van der Waals surface area contributed by atoms with E-state index in [4.69, 9.17) is 13.9 Å². The quantitative estimate of drug-likeness (QED) is 0.402. The van der Waals surface area contributed by atoms with E-state index in [-0.39, 0.29) is 22.7 Å². The van der Waals surface area contributed by atoms with E-state index in [0.717, 1.165) is 11.8 Å². The Morgan fingerprint density at radius 3 is 2.30 bits per heavy atom. The lowest BCUT2D eigenvalue weighted by atomic mass is 10.1. The number of methoxy groups -OCH3 is 2. The Labute approximate surface area is 178 Å². The van der Waals surface area contributed by atoms with Crippen molar-refractivity contribution in [2.45, 2.75) is 18.6 Å². The van der Waals surface area contributed by atoms with E-state index in [1.54, 1.807) is 63.6 Å². The Morgan fingerprint density at radius 2 is 1.70 bits per heavy atom. The molecule has 0 aliphatic carbocycles. The molecule has 0 spiro atoms. The normalized spacial score (nSPS) is 10.5. The minimum absolute atomic E-state index is 0.0783. The SMILES string of the molecule is CCC(=O)Nc1ccc(C(=O)CSc2nnc(-c3cc(OC)cc(OC)c3)o2)cc1. The molecule has 1 aromatic heterocycles. The number of amides is 1. The smallest absolute Gasteiger partial charge is 0.277 e. The fourth-order valence-corrected chi connectivity index (χ4v) is 3.17. The van der Waals surface area contributed by atoms with Gasteiger partial charge in [0.15, 0.2) is 5.78 Å². The third kappa shape index (κ3) is 5.38. The number of hydrogen-bond acceptors (Lipinski definition) is 8. The van der Waals surface area contributed by atoms with Gasteiger partial charge < -0.3 is 19.2 Å². The molecule has 0 bridgehead atoms. The number of aromatic nitrogens is 2. The number of nitrogens with zero attached hydrogens (tertiary/aromatic N) is 2. The standard InChI is InChI=1S/C21H21N3O5S/c1-4-19(26)22-15-7-5-13(6-8-15)18(25)12-30-21-24-23-20(29-21)14-9-16(27-2)11-17(10-14)28-3/h5-11H,4,12H2,1-3H3,(H,22,26). The average Bonchev–Trinajstić information content (AvgIpc) is 3.26. The third-order valence-electron chi connectivity index (χ3n) is 4.14. The molecule has 0 fully saturated rings. The number of rotatable bonds is 9. The van der Waals surface area contributed by atoms with Crippen LogP contribution in [0.25, 0.3) is 11.5 Å². The van der Waals surface area contributed by atoms with Crippen LogP contribution in [0, 0.1) is 0 Å². The van der Waals surface area contributed by atoms with Gasteiger partial charge in [0.25, 0.3) is 5.22 Å². The maximum atomic E-state index is 12.4. The second-order valence-electron chi connectivity index (χ2n) is 6.17. The molecule has 0 saturated heterocycles. The van der Waals surface area contributed by atoms with Gasteiger partial charge in [0.05, 0.1) is 20.0 Å². The number of thioether (sulfide) groups is 1. The van der Waals surface area contributed by atoms with E-state index >= 15 is 0 Å². The Hall–Kier alpha value is -3.33.